The van der Waals surface area contributed by atoms with E-state index in [4.69, 9.17) is 4.99 Å². The van der Waals surface area contributed by atoms with Crippen molar-refractivity contribution in [1.29, 1.82) is 0 Å². The van der Waals surface area contributed by atoms with Crippen LogP contribution in [0.2, 0.25) is 0 Å². The fourth-order valence-corrected chi connectivity index (χ4v) is 4.89. The summed E-state index contributed by atoms with van der Waals surface area (Å²) in [4.78, 5) is 15.5. The highest BCUT2D eigenvalue weighted by Crippen LogP contribution is 2.48. The van der Waals surface area contributed by atoms with Crippen molar-refractivity contribution >= 4 is 27.8 Å². The third-order valence-corrected chi connectivity index (χ3v) is 5.92. The number of H-pyrrole nitrogens is 1. The zero-order valence-corrected chi connectivity index (χ0v) is 14.2. The molecular formula is C19H18N4S. The zero-order valence-electron chi connectivity index (χ0n) is 13.4. The standard InChI is InChI=1S/C19H18N4S/c1-12-11-23-18(14-10-21-15-7-3-2-6-13(14)15)17(22-19(23)24-12)16-8-4-5-9-20-16/h2-10,12,17-18,21H,11H2,1H3/t12-,17-,18+/m1/s1. The molecule has 4 nitrogen and oxygen atoms in total. The zero-order chi connectivity index (χ0) is 16.1. The van der Waals surface area contributed by atoms with Crippen LogP contribution in [0.3, 0.4) is 0 Å². The fourth-order valence-electron chi connectivity index (χ4n) is 3.79. The second-order valence-electron chi connectivity index (χ2n) is 6.43. The van der Waals surface area contributed by atoms with E-state index in [0.717, 1.165) is 17.4 Å². The Kier molecular flexibility index (Phi) is 3.16. The van der Waals surface area contributed by atoms with E-state index in [2.05, 4.69) is 58.3 Å². The minimum absolute atomic E-state index is 0.0559. The van der Waals surface area contributed by atoms with Gasteiger partial charge in [-0.15, -0.1) is 0 Å². The van der Waals surface area contributed by atoms with Crippen LogP contribution in [0.5, 0.6) is 0 Å². The Morgan fingerprint density at radius 1 is 1.17 bits per heavy atom. The van der Waals surface area contributed by atoms with E-state index in [9.17, 15) is 0 Å². The molecule has 5 rings (SSSR count). The lowest BCUT2D eigenvalue weighted by Crippen LogP contribution is -2.28. The van der Waals surface area contributed by atoms with E-state index in [1.807, 2.05) is 30.1 Å². The molecule has 2 aliphatic rings. The van der Waals surface area contributed by atoms with Gasteiger partial charge in [-0.2, -0.15) is 0 Å². The minimum Gasteiger partial charge on any atom is -0.361 e. The molecule has 1 aromatic carbocycles. The lowest BCUT2D eigenvalue weighted by molar-refractivity contribution is 0.323. The Morgan fingerprint density at radius 3 is 2.92 bits per heavy atom. The molecule has 3 atom stereocenters. The second kappa shape index (κ2) is 5.38. The summed E-state index contributed by atoms with van der Waals surface area (Å²) < 4.78 is 0. The molecule has 1 saturated heterocycles. The Morgan fingerprint density at radius 2 is 2.04 bits per heavy atom. The first-order valence-corrected chi connectivity index (χ1v) is 9.17. The molecule has 0 amide bonds. The third kappa shape index (κ3) is 2.08. The van der Waals surface area contributed by atoms with Crippen LogP contribution in [-0.4, -0.2) is 31.8 Å². The molecule has 2 aromatic heterocycles. The number of nitrogens with zero attached hydrogens (tertiary/aromatic N) is 3. The number of benzene rings is 1. The molecule has 0 aliphatic carbocycles. The van der Waals surface area contributed by atoms with E-state index < -0.39 is 0 Å². The molecule has 24 heavy (non-hydrogen) atoms. The van der Waals surface area contributed by atoms with Gasteiger partial charge in [-0.25, -0.2) is 0 Å². The van der Waals surface area contributed by atoms with E-state index in [1.165, 1.54) is 16.5 Å². The summed E-state index contributed by atoms with van der Waals surface area (Å²) in [5, 5.41) is 3.03. The Balaban J connectivity index is 1.66. The lowest BCUT2D eigenvalue weighted by Gasteiger charge is -2.26. The number of thioether (sulfide) groups is 1. The molecule has 0 saturated carbocycles. The van der Waals surface area contributed by atoms with Crippen LogP contribution in [0.4, 0.5) is 0 Å². The van der Waals surface area contributed by atoms with Gasteiger partial charge in [0.15, 0.2) is 5.17 Å². The molecule has 0 bridgehead atoms. The highest BCUT2D eigenvalue weighted by Gasteiger charge is 2.44. The van der Waals surface area contributed by atoms with Crippen LogP contribution >= 0.6 is 11.8 Å². The number of fused-ring (bicyclic) bond motifs is 2. The van der Waals surface area contributed by atoms with E-state index >= 15 is 0 Å². The van der Waals surface area contributed by atoms with Gasteiger partial charge < -0.3 is 9.88 Å². The molecule has 4 heterocycles. The number of pyridine rings is 1. The molecular weight excluding hydrogens is 316 g/mol. The van der Waals surface area contributed by atoms with Gasteiger partial charge >= 0.3 is 0 Å². The predicted octanol–water partition coefficient (Wildman–Crippen LogP) is 4.15. The second-order valence-corrected chi connectivity index (χ2v) is 7.83. The number of para-hydroxylation sites is 1. The van der Waals surface area contributed by atoms with Crippen LogP contribution in [0, 0.1) is 0 Å². The quantitative estimate of drug-likeness (QED) is 0.765. The van der Waals surface area contributed by atoms with Gasteiger partial charge in [0.05, 0.1) is 11.7 Å². The molecule has 120 valence electrons. The van der Waals surface area contributed by atoms with Crippen LogP contribution in [-0.2, 0) is 0 Å². The number of aliphatic imine (C=N–C) groups is 1. The number of hydrogen-bond donors (Lipinski definition) is 1. The molecule has 1 N–H and O–H groups in total. The van der Waals surface area contributed by atoms with E-state index in [0.29, 0.717) is 5.25 Å². The summed E-state index contributed by atoms with van der Waals surface area (Å²) >= 11 is 1.88. The van der Waals surface area contributed by atoms with Crippen LogP contribution < -0.4 is 0 Å². The summed E-state index contributed by atoms with van der Waals surface area (Å²) in [7, 11) is 0. The summed E-state index contributed by atoms with van der Waals surface area (Å²) in [5.41, 5.74) is 3.54. The highest BCUT2D eigenvalue weighted by atomic mass is 32.2. The van der Waals surface area contributed by atoms with Crippen molar-refractivity contribution in [2.75, 3.05) is 6.54 Å². The predicted molar refractivity (Wildman–Crippen MR) is 99.2 cm³/mol. The van der Waals surface area contributed by atoms with Gasteiger partial charge in [0.1, 0.15) is 6.04 Å². The van der Waals surface area contributed by atoms with Crippen molar-refractivity contribution in [2.24, 2.45) is 4.99 Å². The van der Waals surface area contributed by atoms with Crippen molar-refractivity contribution < 1.29 is 0 Å². The first kappa shape index (κ1) is 14.1. The Labute approximate surface area is 145 Å². The maximum Gasteiger partial charge on any atom is 0.160 e. The normalized spacial score (nSPS) is 26.0. The number of hydrogen-bond acceptors (Lipinski definition) is 4. The lowest BCUT2D eigenvalue weighted by atomic mass is 9.96. The van der Waals surface area contributed by atoms with Crippen LogP contribution in [0.25, 0.3) is 10.9 Å². The van der Waals surface area contributed by atoms with Gasteiger partial charge in [-0.3, -0.25) is 9.98 Å². The third-order valence-electron chi connectivity index (χ3n) is 4.82. The molecule has 5 heteroatoms. The fraction of sp³-hybridized carbons (Fsp3) is 0.263. The summed E-state index contributed by atoms with van der Waals surface area (Å²) in [6.45, 7) is 3.31. The maximum absolute atomic E-state index is 5.04. The Hall–Kier alpha value is -2.27. The first-order valence-electron chi connectivity index (χ1n) is 8.29. The van der Waals surface area contributed by atoms with E-state index in [1.54, 1.807) is 0 Å². The van der Waals surface area contributed by atoms with Crippen LogP contribution in [0.15, 0.2) is 59.9 Å². The summed E-state index contributed by atoms with van der Waals surface area (Å²) in [6.07, 6.45) is 4.01. The van der Waals surface area contributed by atoms with Gasteiger partial charge in [0.2, 0.25) is 0 Å². The number of aromatic amines is 1. The molecule has 2 aliphatic heterocycles. The average molecular weight is 334 g/mol. The van der Waals surface area contributed by atoms with Gasteiger partial charge in [-0.1, -0.05) is 43.0 Å². The van der Waals surface area contributed by atoms with Crippen molar-refractivity contribution in [3.05, 3.63) is 66.1 Å². The summed E-state index contributed by atoms with van der Waals surface area (Å²) in [6, 6.07) is 14.9. The number of amidine groups is 1. The smallest absolute Gasteiger partial charge is 0.160 e. The van der Waals surface area contributed by atoms with Crippen molar-refractivity contribution in [2.45, 2.75) is 24.3 Å². The van der Waals surface area contributed by atoms with Gasteiger partial charge in [0.25, 0.3) is 0 Å². The summed E-state index contributed by atoms with van der Waals surface area (Å²) in [5.74, 6) is 0. The highest BCUT2D eigenvalue weighted by molar-refractivity contribution is 8.14. The maximum atomic E-state index is 5.04. The SMILES string of the molecule is C[C@@H]1CN2C(=N[C@H](c3ccccn3)[C@@H]2c2c[nH]c3ccccc23)S1. The monoisotopic (exact) mass is 334 g/mol. The van der Waals surface area contributed by atoms with Crippen molar-refractivity contribution in [1.82, 2.24) is 14.9 Å². The topological polar surface area (TPSA) is 44.3 Å². The molecule has 0 radical (unpaired) electrons. The average Bonchev–Trinajstić information content (AvgIpc) is 3.27. The molecule has 1 fully saturated rings. The van der Waals surface area contributed by atoms with E-state index in [-0.39, 0.29) is 12.1 Å². The van der Waals surface area contributed by atoms with Gasteiger partial charge in [0, 0.05) is 40.7 Å². The minimum atomic E-state index is 0.0559. The number of aromatic nitrogens is 2. The molecule has 0 spiro atoms. The molecule has 3 aromatic rings. The van der Waals surface area contributed by atoms with Crippen molar-refractivity contribution in [3.63, 3.8) is 0 Å². The van der Waals surface area contributed by atoms with Crippen molar-refractivity contribution in [3.8, 4) is 0 Å². The number of rotatable bonds is 2. The Bertz CT molecular complexity index is 917. The first-order chi connectivity index (χ1) is 11.8. The largest absolute Gasteiger partial charge is 0.361 e. The van der Waals surface area contributed by atoms with Gasteiger partial charge in [-0.05, 0) is 18.2 Å². The molecule has 0 unspecified atom stereocenters. The van der Waals surface area contributed by atoms with Crippen LogP contribution in [0.1, 0.15) is 30.3 Å². The number of nitrogens with one attached hydrogen (secondary N) is 1.